The SMILES string of the molecule is CO[C@@]12C[C@H]3[C@@H](C[C@@H](O)[C@H]4C(C)(C)CCC[C@]34C)[C@@H](C)C1=CC(=O)O2. The molecule has 0 radical (unpaired) electrons. The molecule has 0 unspecified atom stereocenters. The fourth-order valence-corrected chi connectivity index (χ4v) is 7.40. The fraction of sp³-hybridized carbons (Fsp3) is 0.857. The quantitative estimate of drug-likeness (QED) is 0.735. The maximum atomic E-state index is 12.0. The van der Waals surface area contributed by atoms with Gasteiger partial charge in [0.15, 0.2) is 0 Å². The number of hydrogen-bond acceptors (Lipinski definition) is 4. The molecule has 4 heteroatoms. The van der Waals surface area contributed by atoms with E-state index in [0.717, 1.165) is 24.8 Å². The third-order valence-electron chi connectivity index (χ3n) is 8.28. The minimum absolute atomic E-state index is 0.0599. The topological polar surface area (TPSA) is 55.8 Å². The maximum absolute atomic E-state index is 12.0. The van der Waals surface area contributed by atoms with E-state index in [-0.39, 0.29) is 28.8 Å². The molecule has 4 nitrogen and oxygen atoms in total. The summed E-state index contributed by atoms with van der Waals surface area (Å²) in [5.74, 6) is 0.109. The van der Waals surface area contributed by atoms with Crippen LogP contribution in [0.5, 0.6) is 0 Å². The molecule has 0 aromatic heterocycles. The van der Waals surface area contributed by atoms with Gasteiger partial charge >= 0.3 is 5.97 Å². The van der Waals surface area contributed by atoms with Gasteiger partial charge in [-0.05, 0) is 53.8 Å². The highest BCUT2D eigenvalue weighted by atomic mass is 16.7. The van der Waals surface area contributed by atoms with E-state index < -0.39 is 5.79 Å². The largest absolute Gasteiger partial charge is 0.426 e. The number of hydrogen-bond donors (Lipinski definition) is 1. The zero-order chi connectivity index (χ0) is 18.2. The zero-order valence-electron chi connectivity index (χ0n) is 16.2. The van der Waals surface area contributed by atoms with E-state index in [9.17, 15) is 9.90 Å². The molecule has 4 aliphatic rings. The number of methoxy groups -OCH3 is 1. The summed E-state index contributed by atoms with van der Waals surface area (Å²) in [5.41, 5.74) is 1.18. The first-order chi connectivity index (χ1) is 11.6. The molecule has 0 amide bonds. The molecule has 3 fully saturated rings. The molecule has 140 valence electrons. The van der Waals surface area contributed by atoms with Crippen molar-refractivity contribution >= 4 is 5.97 Å². The predicted molar refractivity (Wildman–Crippen MR) is 94.5 cm³/mol. The monoisotopic (exact) mass is 348 g/mol. The van der Waals surface area contributed by atoms with Crippen LogP contribution in [-0.2, 0) is 14.3 Å². The van der Waals surface area contributed by atoms with E-state index in [1.54, 1.807) is 13.2 Å². The van der Waals surface area contributed by atoms with Crippen molar-refractivity contribution in [3.05, 3.63) is 11.6 Å². The highest BCUT2D eigenvalue weighted by molar-refractivity contribution is 5.86. The summed E-state index contributed by atoms with van der Waals surface area (Å²) in [6.07, 6.45) is 6.43. The third kappa shape index (κ3) is 2.22. The third-order valence-corrected chi connectivity index (χ3v) is 8.28. The predicted octanol–water partition coefficient (Wildman–Crippen LogP) is 3.68. The van der Waals surface area contributed by atoms with Crippen LogP contribution in [0.3, 0.4) is 0 Å². The molecule has 1 heterocycles. The van der Waals surface area contributed by atoms with Crippen LogP contribution in [-0.4, -0.2) is 30.1 Å². The molecule has 0 saturated heterocycles. The van der Waals surface area contributed by atoms with Crippen LogP contribution in [0.15, 0.2) is 11.6 Å². The van der Waals surface area contributed by atoms with Gasteiger partial charge < -0.3 is 14.6 Å². The Balaban J connectivity index is 1.79. The first-order valence-electron chi connectivity index (χ1n) is 9.83. The van der Waals surface area contributed by atoms with Gasteiger partial charge in [0, 0.05) is 25.2 Å². The average Bonchev–Trinajstić information content (AvgIpc) is 2.85. The molecule has 0 aromatic rings. The minimum atomic E-state index is -0.880. The van der Waals surface area contributed by atoms with Crippen LogP contribution in [0.1, 0.15) is 59.8 Å². The van der Waals surface area contributed by atoms with Crippen LogP contribution in [0.25, 0.3) is 0 Å². The van der Waals surface area contributed by atoms with Gasteiger partial charge in [0.05, 0.1) is 6.10 Å². The van der Waals surface area contributed by atoms with Crippen LogP contribution in [0, 0.1) is 34.5 Å². The van der Waals surface area contributed by atoms with Crippen molar-refractivity contribution < 1.29 is 19.4 Å². The van der Waals surface area contributed by atoms with E-state index in [0.29, 0.717) is 17.8 Å². The summed E-state index contributed by atoms with van der Waals surface area (Å²) in [6.45, 7) is 9.19. The Kier molecular flexibility index (Phi) is 3.73. The summed E-state index contributed by atoms with van der Waals surface area (Å²) < 4.78 is 11.5. The average molecular weight is 348 g/mol. The standard InChI is InChI=1S/C21H32O4/c1-12-13-9-16(22)18-19(2,3)7-6-8-20(18,4)15(13)11-21(24-5)14(12)10-17(23)25-21/h10,12-13,15-16,18,22H,6-9,11H2,1-5H3/t12-,13+,15+,16-,18+,20-,21-/m1/s1. The first kappa shape index (κ1) is 17.5. The number of aliphatic hydroxyl groups is 1. The van der Waals surface area contributed by atoms with Crippen LogP contribution in [0.2, 0.25) is 0 Å². The van der Waals surface area contributed by atoms with Gasteiger partial charge in [-0.25, -0.2) is 4.79 Å². The summed E-state index contributed by atoms with van der Waals surface area (Å²) >= 11 is 0. The Morgan fingerprint density at radius 3 is 2.68 bits per heavy atom. The molecular weight excluding hydrogens is 316 g/mol. The van der Waals surface area contributed by atoms with Gasteiger partial charge in [-0.2, -0.15) is 0 Å². The lowest BCUT2D eigenvalue weighted by Gasteiger charge is -2.64. The number of ether oxygens (including phenoxy) is 2. The van der Waals surface area contributed by atoms with Crippen molar-refractivity contribution in [3.63, 3.8) is 0 Å². The number of carbonyl (C=O) groups is 1. The molecule has 0 bridgehead atoms. The number of esters is 1. The van der Waals surface area contributed by atoms with E-state index in [1.807, 2.05) is 0 Å². The second kappa shape index (κ2) is 5.32. The molecule has 4 rings (SSSR count). The smallest absolute Gasteiger partial charge is 0.333 e. The van der Waals surface area contributed by atoms with Gasteiger partial charge in [0.25, 0.3) is 0 Å². The van der Waals surface area contributed by atoms with E-state index in [1.165, 1.54) is 12.8 Å². The molecule has 3 saturated carbocycles. The summed E-state index contributed by atoms with van der Waals surface area (Å²) in [6, 6.07) is 0. The van der Waals surface area contributed by atoms with Gasteiger partial charge in [-0.1, -0.05) is 34.1 Å². The molecule has 3 aliphatic carbocycles. The Bertz CT molecular complexity index is 623. The molecule has 0 spiro atoms. The van der Waals surface area contributed by atoms with Gasteiger partial charge in [0.1, 0.15) is 0 Å². The van der Waals surface area contributed by atoms with E-state index >= 15 is 0 Å². The Morgan fingerprint density at radius 2 is 2.00 bits per heavy atom. The summed E-state index contributed by atoms with van der Waals surface area (Å²) in [7, 11) is 1.65. The van der Waals surface area contributed by atoms with Crippen LogP contribution < -0.4 is 0 Å². The normalized spacial score (nSPS) is 51.0. The van der Waals surface area contributed by atoms with Gasteiger partial charge in [0.2, 0.25) is 5.79 Å². The van der Waals surface area contributed by atoms with Crippen molar-refractivity contribution in [1.29, 1.82) is 0 Å². The summed E-state index contributed by atoms with van der Waals surface area (Å²) in [4.78, 5) is 12.0. The Labute approximate surface area is 151 Å². The molecule has 0 aromatic carbocycles. The van der Waals surface area contributed by atoms with Gasteiger partial charge in [-0.15, -0.1) is 0 Å². The van der Waals surface area contributed by atoms with Crippen molar-refractivity contribution in [2.45, 2.75) is 71.7 Å². The number of carbonyl (C=O) groups excluding carboxylic acids is 1. The van der Waals surface area contributed by atoms with Crippen LogP contribution in [0.4, 0.5) is 0 Å². The number of fused-ring (bicyclic) bond motifs is 4. The molecule has 1 aliphatic heterocycles. The van der Waals surface area contributed by atoms with Crippen molar-refractivity contribution in [2.24, 2.45) is 34.5 Å². The van der Waals surface area contributed by atoms with E-state index in [4.69, 9.17) is 9.47 Å². The highest BCUT2D eigenvalue weighted by Gasteiger charge is 2.65. The zero-order valence-corrected chi connectivity index (χ0v) is 16.2. The number of rotatable bonds is 1. The molecular formula is C21H32O4. The van der Waals surface area contributed by atoms with Crippen molar-refractivity contribution in [3.8, 4) is 0 Å². The Hall–Kier alpha value is -0.870. The fourth-order valence-electron chi connectivity index (χ4n) is 7.40. The summed E-state index contributed by atoms with van der Waals surface area (Å²) in [5, 5.41) is 11.1. The minimum Gasteiger partial charge on any atom is -0.426 e. The molecule has 25 heavy (non-hydrogen) atoms. The lowest BCUT2D eigenvalue weighted by atomic mass is 9.42. The van der Waals surface area contributed by atoms with Gasteiger partial charge in [-0.3, -0.25) is 0 Å². The number of aliphatic hydroxyl groups excluding tert-OH is 1. The second-order valence-corrected chi connectivity index (χ2v) is 9.87. The van der Waals surface area contributed by atoms with Crippen molar-refractivity contribution in [2.75, 3.05) is 7.11 Å². The van der Waals surface area contributed by atoms with Crippen molar-refractivity contribution in [1.82, 2.24) is 0 Å². The molecule has 1 N–H and O–H groups in total. The maximum Gasteiger partial charge on any atom is 0.333 e. The lowest BCUT2D eigenvalue weighted by Crippen LogP contribution is -2.62. The highest BCUT2D eigenvalue weighted by Crippen LogP contribution is 2.66. The second-order valence-electron chi connectivity index (χ2n) is 9.87. The molecule has 7 atom stereocenters. The van der Waals surface area contributed by atoms with Crippen LogP contribution >= 0.6 is 0 Å². The Morgan fingerprint density at radius 1 is 1.28 bits per heavy atom. The first-order valence-corrected chi connectivity index (χ1v) is 9.83. The lowest BCUT2D eigenvalue weighted by molar-refractivity contribution is -0.244. The van der Waals surface area contributed by atoms with E-state index in [2.05, 4.69) is 27.7 Å².